The minimum atomic E-state index is -0.515. The SMILES string of the molecule is CC[C@@H](C(=O)NC1CCCCC1)N(Cc1ccc(Cl)cc1)C(=O)Cc1ccc(OC)cc1. The number of carbonyl (C=O) groups excluding carboxylic acids is 2. The highest BCUT2D eigenvalue weighted by Gasteiger charge is 2.30. The third-order valence-electron chi connectivity index (χ3n) is 6.12. The van der Waals surface area contributed by atoms with Crippen molar-refractivity contribution in [3.05, 3.63) is 64.7 Å². The number of rotatable bonds is 9. The zero-order valence-corrected chi connectivity index (χ0v) is 19.7. The van der Waals surface area contributed by atoms with Crippen LogP contribution in [0, 0.1) is 0 Å². The second kappa shape index (κ2) is 11.9. The summed E-state index contributed by atoms with van der Waals surface area (Å²) in [5.41, 5.74) is 1.83. The van der Waals surface area contributed by atoms with Gasteiger partial charge in [-0.2, -0.15) is 0 Å². The minimum Gasteiger partial charge on any atom is -0.497 e. The Kier molecular flexibility index (Phi) is 8.98. The molecule has 0 bridgehead atoms. The largest absolute Gasteiger partial charge is 0.497 e. The van der Waals surface area contributed by atoms with E-state index in [-0.39, 0.29) is 24.3 Å². The number of nitrogens with zero attached hydrogens (tertiary/aromatic N) is 1. The van der Waals surface area contributed by atoms with E-state index in [9.17, 15) is 9.59 Å². The van der Waals surface area contributed by atoms with Crippen LogP contribution in [0.5, 0.6) is 5.75 Å². The lowest BCUT2D eigenvalue weighted by atomic mass is 9.95. The van der Waals surface area contributed by atoms with Crippen LogP contribution < -0.4 is 10.1 Å². The fourth-order valence-corrected chi connectivity index (χ4v) is 4.40. The van der Waals surface area contributed by atoms with Crippen LogP contribution in [-0.4, -0.2) is 35.9 Å². The molecule has 0 aliphatic heterocycles. The number of nitrogens with one attached hydrogen (secondary N) is 1. The standard InChI is InChI=1S/C26H33ClN2O3/c1-3-24(26(31)28-22-7-5-4-6-8-22)29(18-20-9-13-21(27)14-10-20)25(30)17-19-11-15-23(32-2)16-12-19/h9-16,22,24H,3-8,17-18H2,1-2H3,(H,28,31)/t24-/m0/s1. The molecule has 32 heavy (non-hydrogen) atoms. The molecule has 1 aliphatic rings. The van der Waals surface area contributed by atoms with E-state index in [4.69, 9.17) is 16.3 Å². The van der Waals surface area contributed by atoms with E-state index in [2.05, 4.69) is 5.32 Å². The van der Waals surface area contributed by atoms with Crippen molar-refractivity contribution >= 4 is 23.4 Å². The summed E-state index contributed by atoms with van der Waals surface area (Å²) in [6.45, 7) is 2.32. The number of methoxy groups -OCH3 is 1. The molecule has 172 valence electrons. The summed E-state index contributed by atoms with van der Waals surface area (Å²) in [4.78, 5) is 28.4. The molecule has 3 rings (SSSR count). The molecule has 0 unspecified atom stereocenters. The smallest absolute Gasteiger partial charge is 0.243 e. The van der Waals surface area contributed by atoms with Crippen LogP contribution in [0.1, 0.15) is 56.6 Å². The fourth-order valence-electron chi connectivity index (χ4n) is 4.27. The van der Waals surface area contributed by atoms with Crippen LogP contribution in [0.15, 0.2) is 48.5 Å². The molecule has 0 saturated heterocycles. The topological polar surface area (TPSA) is 58.6 Å². The lowest BCUT2D eigenvalue weighted by molar-refractivity contribution is -0.141. The van der Waals surface area contributed by atoms with Gasteiger partial charge >= 0.3 is 0 Å². The van der Waals surface area contributed by atoms with Crippen LogP contribution >= 0.6 is 11.6 Å². The van der Waals surface area contributed by atoms with Gasteiger partial charge in [-0.3, -0.25) is 9.59 Å². The Hall–Kier alpha value is -2.53. The molecule has 1 N–H and O–H groups in total. The summed E-state index contributed by atoms with van der Waals surface area (Å²) in [6, 6.07) is 14.6. The van der Waals surface area contributed by atoms with Gasteiger partial charge in [0, 0.05) is 17.6 Å². The molecule has 0 heterocycles. The van der Waals surface area contributed by atoms with E-state index < -0.39 is 6.04 Å². The normalized spacial score (nSPS) is 15.1. The summed E-state index contributed by atoms with van der Waals surface area (Å²) < 4.78 is 5.21. The Labute approximate surface area is 196 Å². The Bertz CT molecular complexity index is 877. The lowest BCUT2D eigenvalue weighted by Crippen LogP contribution is -2.51. The van der Waals surface area contributed by atoms with Gasteiger partial charge in [0.15, 0.2) is 0 Å². The highest BCUT2D eigenvalue weighted by molar-refractivity contribution is 6.30. The molecule has 2 aromatic rings. The zero-order chi connectivity index (χ0) is 22.9. The molecule has 1 saturated carbocycles. The van der Waals surface area contributed by atoms with Gasteiger partial charge in [-0.25, -0.2) is 0 Å². The number of benzene rings is 2. The second-order valence-electron chi connectivity index (χ2n) is 8.44. The van der Waals surface area contributed by atoms with E-state index in [1.807, 2.05) is 55.5 Å². The maximum Gasteiger partial charge on any atom is 0.243 e. The van der Waals surface area contributed by atoms with Crippen LogP contribution in [0.4, 0.5) is 0 Å². The van der Waals surface area contributed by atoms with Gasteiger partial charge in [0.25, 0.3) is 0 Å². The van der Waals surface area contributed by atoms with Crippen molar-refractivity contribution in [2.24, 2.45) is 0 Å². The number of hydrogen-bond donors (Lipinski definition) is 1. The third kappa shape index (κ3) is 6.73. The van der Waals surface area contributed by atoms with E-state index in [0.717, 1.165) is 42.6 Å². The molecule has 1 fully saturated rings. The average molecular weight is 457 g/mol. The van der Waals surface area contributed by atoms with Crippen LogP contribution in [0.3, 0.4) is 0 Å². The summed E-state index contributed by atoms with van der Waals surface area (Å²) >= 11 is 6.04. The van der Waals surface area contributed by atoms with Gasteiger partial charge in [0.05, 0.1) is 13.5 Å². The first-order valence-corrected chi connectivity index (χ1v) is 11.8. The molecule has 1 aliphatic carbocycles. The number of amides is 2. The molecule has 0 aromatic heterocycles. The van der Waals surface area contributed by atoms with Crippen LogP contribution in [-0.2, 0) is 22.6 Å². The number of halogens is 1. The summed E-state index contributed by atoms with van der Waals surface area (Å²) in [7, 11) is 1.62. The molecular weight excluding hydrogens is 424 g/mol. The first-order chi connectivity index (χ1) is 15.5. The number of ether oxygens (including phenoxy) is 1. The lowest BCUT2D eigenvalue weighted by Gasteiger charge is -2.33. The van der Waals surface area contributed by atoms with E-state index in [1.54, 1.807) is 12.0 Å². The van der Waals surface area contributed by atoms with Gasteiger partial charge in [-0.1, -0.05) is 62.1 Å². The molecule has 2 aromatic carbocycles. The molecule has 0 spiro atoms. The van der Waals surface area contributed by atoms with E-state index in [1.165, 1.54) is 6.42 Å². The van der Waals surface area contributed by atoms with Crippen molar-refractivity contribution < 1.29 is 14.3 Å². The van der Waals surface area contributed by atoms with E-state index >= 15 is 0 Å². The summed E-state index contributed by atoms with van der Waals surface area (Å²) in [5.74, 6) is 0.615. The van der Waals surface area contributed by atoms with Gasteiger partial charge in [0.1, 0.15) is 11.8 Å². The van der Waals surface area contributed by atoms with Gasteiger partial charge in [0.2, 0.25) is 11.8 Å². The Morgan fingerprint density at radius 2 is 1.66 bits per heavy atom. The van der Waals surface area contributed by atoms with E-state index in [0.29, 0.717) is 18.0 Å². The summed E-state index contributed by atoms with van der Waals surface area (Å²) in [6.07, 6.45) is 6.33. The van der Waals surface area contributed by atoms with Crippen molar-refractivity contribution in [2.75, 3.05) is 7.11 Å². The van der Waals surface area contributed by atoms with Gasteiger partial charge in [-0.05, 0) is 54.7 Å². The Morgan fingerprint density at radius 1 is 1.03 bits per heavy atom. The van der Waals surface area contributed by atoms with Crippen molar-refractivity contribution in [2.45, 2.75) is 70.5 Å². The maximum absolute atomic E-state index is 13.4. The first-order valence-electron chi connectivity index (χ1n) is 11.5. The van der Waals surface area contributed by atoms with Crippen molar-refractivity contribution in [3.8, 4) is 5.75 Å². The average Bonchev–Trinajstić information content (AvgIpc) is 2.81. The predicted octanol–water partition coefficient (Wildman–Crippen LogP) is 5.15. The first kappa shape index (κ1) is 24.1. The number of hydrogen-bond acceptors (Lipinski definition) is 3. The molecule has 1 atom stereocenters. The van der Waals surface area contributed by atoms with Gasteiger partial charge < -0.3 is 15.0 Å². The third-order valence-corrected chi connectivity index (χ3v) is 6.37. The van der Waals surface area contributed by atoms with Gasteiger partial charge in [-0.15, -0.1) is 0 Å². The summed E-state index contributed by atoms with van der Waals surface area (Å²) in [5, 5.41) is 3.85. The molecule has 0 radical (unpaired) electrons. The number of carbonyl (C=O) groups is 2. The monoisotopic (exact) mass is 456 g/mol. The predicted molar refractivity (Wildman–Crippen MR) is 128 cm³/mol. The molecule has 2 amide bonds. The highest BCUT2D eigenvalue weighted by Crippen LogP contribution is 2.20. The molecule has 5 nitrogen and oxygen atoms in total. The fraction of sp³-hybridized carbons (Fsp3) is 0.462. The van der Waals surface area contributed by atoms with Crippen LogP contribution in [0.25, 0.3) is 0 Å². The zero-order valence-electron chi connectivity index (χ0n) is 19.0. The highest BCUT2D eigenvalue weighted by atomic mass is 35.5. The van der Waals surface area contributed by atoms with Crippen LogP contribution in [0.2, 0.25) is 5.02 Å². The van der Waals surface area contributed by atoms with Crippen molar-refractivity contribution in [3.63, 3.8) is 0 Å². The Morgan fingerprint density at radius 3 is 2.25 bits per heavy atom. The van der Waals surface area contributed by atoms with Crippen molar-refractivity contribution in [1.82, 2.24) is 10.2 Å². The molecular formula is C26H33ClN2O3. The van der Waals surface area contributed by atoms with Crippen molar-refractivity contribution in [1.29, 1.82) is 0 Å². The second-order valence-corrected chi connectivity index (χ2v) is 8.88. The maximum atomic E-state index is 13.4. The minimum absolute atomic E-state index is 0.0588. The Balaban J connectivity index is 1.78. The molecule has 6 heteroatoms. The quantitative estimate of drug-likeness (QED) is 0.567.